The molecule has 0 bridgehead atoms. The van der Waals surface area contributed by atoms with Crippen molar-refractivity contribution < 1.29 is 14.7 Å². The molecule has 1 aliphatic heterocycles. The van der Waals surface area contributed by atoms with E-state index >= 15 is 0 Å². The molecule has 124 valence electrons. The average molecular weight is 316 g/mol. The van der Waals surface area contributed by atoms with Crippen molar-refractivity contribution in [1.82, 2.24) is 4.90 Å². The van der Waals surface area contributed by atoms with Gasteiger partial charge in [0.05, 0.1) is 18.4 Å². The molecule has 1 saturated heterocycles. The molecule has 1 saturated carbocycles. The average Bonchev–Trinajstić information content (AvgIpc) is 3.31. The number of carbonyl (C=O) groups is 2. The van der Waals surface area contributed by atoms with Crippen LogP contribution in [-0.4, -0.2) is 40.5 Å². The van der Waals surface area contributed by atoms with Crippen molar-refractivity contribution in [2.24, 2.45) is 5.73 Å². The largest absolute Gasteiger partial charge is 0.388 e. The number of nitrogens with two attached hydrogens (primary N) is 1. The standard InChI is InChI=1S/C18H24N2O3/c19-16(21)11-18(23)7-2-8-20(12-18)17(22)10-13-3-1-4-15(9-13)14-5-6-14/h1,3-4,9,14,23H,2,5-8,10-12H2,(H2,19,21). The monoisotopic (exact) mass is 316 g/mol. The van der Waals surface area contributed by atoms with Crippen molar-refractivity contribution in [3.8, 4) is 0 Å². The highest BCUT2D eigenvalue weighted by Gasteiger charge is 2.36. The van der Waals surface area contributed by atoms with E-state index in [9.17, 15) is 14.7 Å². The van der Waals surface area contributed by atoms with E-state index in [1.165, 1.54) is 18.4 Å². The van der Waals surface area contributed by atoms with Crippen molar-refractivity contribution in [2.75, 3.05) is 13.1 Å². The molecule has 1 unspecified atom stereocenters. The van der Waals surface area contributed by atoms with Gasteiger partial charge in [-0.2, -0.15) is 0 Å². The summed E-state index contributed by atoms with van der Waals surface area (Å²) in [7, 11) is 0. The van der Waals surface area contributed by atoms with E-state index in [0.29, 0.717) is 31.7 Å². The first-order valence-corrected chi connectivity index (χ1v) is 8.32. The van der Waals surface area contributed by atoms with Gasteiger partial charge in [-0.05, 0) is 42.7 Å². The number of rotatable bonds is 5. The van der Waals surface area contributed by atoms with Crippen LogP contribution < -0.4 is 5.73 Å². The van der Waals surface area contributed by atoms with E-state index in [1.54, 1.807) is 4.90 Å². The summed E-state index contributed by atoms with van der Waals surface area (Å²) < 4.78 is 0. The Balaban J connectivity index is 1.63. The number of amides is 2. The van der Waals surface area contributed by atoms with Gasteiger partial charge in [-0.3, -0.25) is 9.59 Å². The summed E-state index contributed by atoms with van der Waals surface area (Å²) in [4.78, 5) is 25.3. The Morgan fingerprint density at radius 2 is 2.13 bits per heavy atom. The lowest BCUT2D eigenvalue weighted by atomic mass is 9.89. The molecule has 23 heavy (non-hydrogen) atoms. The van der Waals surface area contributed by atoms with Gasteiger partial charge in [0.2, 0.25) is 11.8 Å². The van der Waals surface area contributed by atoms with Crippen molar-refractivity contribution in [3.63, 3.8) is 0 Å². The number of β-amino-alcohol motifs (C(OH)–C–C–N with tert-alkyl or cyclic N) is 1. The van der Waals surface area contributed by atoms with Crippen molar-refractivity contribution in [3.05, 3.63) is 35.4 Å². The van der Waals surface area contributed by atoms with Gasteiger partial charge in [0, 0.05) is 13.1 Å². The number of carbonyl (C=O) groups excluding carboxylic acids is 2. The first-order chi connectivity index (χ1) is 11.0. The fourth-order valence-corrected chi connectivity index (χ4v) is 3.45. The molecule has 0 radical (unpaired) electrons. The van der Waals surface area contributed by atoms with Gasteiger partial charge in [-0.15, -0.1) is 0 Å². The van der Waals surface area contributed by atoms with Crippen LogP contribution in [0.3, 0.4) is 0 Å². The molecular weight excluding hydrogens is 292 g/mol. The van der Waals surface area contributed by atoms with E-state index in [4.69, 9.17) is 5.73 Å². The van der Waals surface area contributed by atoms with Crippen LogP contribution in [0.1, 0.15) is 49.1 Å². The van der Waals surface area contributed by atoms with E-state index in [-0.39, 0.29) is 18.9 Å². The highest BCUT2D eigenvalue weighted by molar-refractivity contribution is 5.79. The normalized spacial score (nSPS) is 24.5. The number of likely N-dealkylation sites (tertiary alicyclic amines) is 1. The first kappa shape index (κ1) is 16.0. The summed E-state index contributed by atoms with van der Waals surface area (Å²) in [5, 5.41) is 10.5. The first-order valence-electron chi connectivity index (χ1n) is 8.32. The fraction of sp³-hybridized carbons (Fsp3) is 0.556. The Morgan fingerprint density at radius 1 is 1.35 bits per heavy atom. The molecule has 1 atom stereocenters. The molecule has 0 spiro atoms. The summed E-state index contributed by atoms with van der Waals surface area (Å²) in [6.45, 7) is 0.819. The number of piperidine rings is 1. The second-order valence-corrected chi connectivity index (χ2v) is 6.98. The van der Waals surface area contributed by atoms with Gasteiger partial charge in [0.1, 0.15) is 0 Å². The molecular formula is C18H24N2O3. The van der Waals surface area contributed by atoms with Gasteiger partial charge in [0.25, 0.3) is 0 Å². The van der Waals surface area contributed by atoms with Crippen LogP contribution in [-0.2, 0) is 16.0 Å². The summed E-state index contributed by atoms with van der Waals surface area (Å²) in [5.74, 6) is 0.139. The number of benzene rings is 1. The minimum absolute atomic E-state index is 0.000502. The number of hydrogen-bond donors (Lipinski definition) is 2. The lowest BCUT2D eigenvalue weighted by molar-refractivity contribution is -0.141. The third-order valence-electron chi connectivity index (χ3n) is 4.77. The van der Waals surface area contributed by atoms with Crippen LogP contribution >= 0.6 is 0 Å². The molecule has 2 amide bonds. The number of aliphatic hydroxyl groups is 1. The molecule has 1 aromatic rings. The zero-order valence-corrected chi connectivity index (χ0v) is 13.3. The predicted molar refractivity (Wildman–Crippen MR) is 86.7 cm³/mol. The maximum atomic E-state index is 12.5. The van der Waals surface area contributed by atoms with Crippen LogP contribution in [0.4, 0.5) is 0 Å². The Hall–Kier alpha value is -1.88. The van der Waals surface area contributed by atoms with Gasteiger partial charge >= 0.3 is 0 Å². The van der Waals surface area contributed by atoms with Crippen molar-refractivity contribution >= 4 is 11.8 Å². The smallest absolute Gasteiger partial charge is 0.227 e. The lowest BCUT2D eigenvalue weighted by Gasteiger charge is -2.38. The minimum Gasteiger partial charge on any atom is -0.388 e. The minimum atomic E-state index is -1.17. The molecule has 2 aliphatic rings. The number of primary amides is 1. The highest BCUT2D eigenvalue weighted by Crippen LogP contribution is 2.40. The summed E-state index contributed by atoms with van der Waals surface area (Å²) in [5.41, 5.74) is 6.37. The SMILES string of the molecule is NC(=O)CC1(O)CCCN(C(=O)Cc2cccc(C3CC3)c2)C1. The summed E-state index contributed by atoms with van der Waals surface area (Å²) >= 11 is 0. The molecule has 0 aromatic heterocycles. The quantitative estimate of drug-likeness (QED) is 0.859. The van der Waals surface area contributed by atoms with Gasteiger partial charge in [0.15, 0.2) is 0 Å². The van der Waals surface area contributed by atoms with E-state index in [1.807, 2.05) is 12.1 Å². The molecule has 1 aromatic carbocycles. The van der Waals surface area contributed by atoms with Crippen LogP contribution in [0.5, 0.6) is 0 Å². The van der Waals surface area contributed by atoms with Crippen molar-refractivity contribution in [1.29, 1.82) is 0 Å². The molecule has 3 rings (SSSR count). The fourth-order valence-electron chi connectivity index (χ4n) is 3.45. The Bertz CT molecular complexity index is 612. The number of hydrogen-bond acceptors (Lipinski definition) is 3. The second kappa shape index (κ2) is 6.32. The lowest BCUT2D eigenvalue weighted by Crippen LogP contribution is -2.52. The molecule has 2 fully saturated rings. The van der Waals surface area contributed by atoms with E-state index < -0.39 is 11.5 Å². The third-order valence-corrected chi connectivity index (χ3v) is 4.77. The zero-order chi connectivity index (χ0) is 16.4. The van der Waals surface area contributed by atoms with Crippen molar-refractivity contribution in [2.45, 2.75) is 50.0 Å². The van der Waals surface area contributed by atoms with Crippen LogP contribution in [0.25, 0.3) is 0 Å². The molecule has 3 N–H and O–H groups in total. The molecule has 1 aliphatic carbocycles. The maximum absolute atomic E-state index is 12.5. The summed E-state index contributed by atoms with van der Waals surface area (Å²) in [6.07, 6.45) is 3.93. The van der Waals surface area contributed by atoms with E-state index in [2.05, 4.69) is 12.1 Å². The Kier molecular flexibility index (Phi) is 4.39. The maximum Gasteiger partial charge on any atom is 0.227 e. The van der Waals surface area contributed by atoms with Crippen LogP contribution in [0.2, 0.25) is 0 Å². The number of nitrogens with zero attached hydrogens (tertiary/aromatic N) is 1. The molecule has 1 heterocycles. The highest BCUT2D eigenvalue weighted by atomic mass is 16.3. The van der Waals surface area contributed by atoms with Gasteiger partial charge in [-0.25, -0.2) is 0 Å². The zero-order valence-electron chi connectivity index (χ0n) is 13.3. The topological polar surface area (TPSA) is 83.6 Å². The van der Waals surface area contributed by atoms with Crippen LogP contribution in [0.15, 0.2) is 24.3 Å². The Morgan fingerprint density at radius 3 is 2.83 bits per heavy atom. The molecule has 5 heteroatoms. The third kappa shape index (κ3) is 4.10. The Labute approximate surface area is 136 Å². The molecule has 5 nitrogen and oxygen atoms in total. The predicted octanol–water partition coefficient (Wildman–Crippen LogP) is 1.34. The summed E-state index contributed by atoms with van der Waals surface area (Å²) in [6, 6.07) is 8.23. The van der Waals surface area contributed by atoms with Gasteiger partial charge < -0.3 is 15.7 Å². The second-order valence-electron chi connectivity index (χ2n) is 6.98. The van der Waals surface area contributed by atoms with Crippen LogP contribution in [0, 0.1) is 0 Å². The van der Waals surface area contributed by atoms with E-state index in [0.717, 1.165) is 5.56 Å². The van der Waals surface area contributed by atoms with Gasteiger partial charge in [-0.1, -0.05) is 24.3 Å².